The van der Waals surface area contributed by atoms with Crippen molar-refractivity contribution in [2.75, 3.05) is 5.43 Å². The molecular formula is C10H7F2N5O3. The van der Waals surface area contributed by atoms with Crippen LogP contribution in [0.3, 0.4) is 0 Å². The van der Waals surface area contributed by atoms with Crippen LogP contribution < -0.4 is 16.0 Å². The third-order valence-corrected chi connectivity index (χ3v) is 2.16. The number of hydrogen-bond acceptors (Lipinski definition) is 7. The lowest BCUT2D eigenvalue weighted by atomic mass is 10.3. The van der Waals surface area contributed by atoms with Gasteiger partial charge in [0.1, 0.15) is 12.0 Å². The highest BCUT2D eigenvalue weighted by atomic mass is 19.1. The number of nitrogens with zero attached hydrogens (tertiary/aromatic N) is 3. The summed E-state index contributed by atoms with van der Waals surface area (Å²) in [6.07, 6.45) is 0.846. The first-order valence-corrected chi connectivity index (χ1v) is 5.12. The molecule has 104 valence electrons. The molecule has 2 aromatic rings. The number of hydrogen-bond donors (Lipinski definition) is 2. The van der Waals surface area contributed by atoms with Crippen LogP contribution in [0.25, 0.3) is 0 Å². The number of nitrogens with one attached hydrogen (secondary N) is 1. The smallest absolute Gasteiger partial charge is 0.349 e. The zero-order valence-corrected chi connectivity index (χ0v) is 9.71. The number of anilines is 1. The maximum atomic E-state index is 13.4. The Hall–Kier alpha value is -2.88. The Bertz CT molecular complexity index is 667. The fourth-order valence-electron chi connectivity index (χ4n) is 1.29. The van der Waals surface area contributed by atoms with Crippen LogP contribution in [0.2, 0.25) is 0 Å². The maximum absolute atomic E-state index is 13.4. The lowest BCUT2D eigenvalue weighted by Gasteiger charge is -2.07. The van der Waals surface area contributed by atoms with Gasteiger partial charge in [-0.05, 0) is 12.1 Å². The van der Waals surface area contributed by atoms with Crippen molar-refractivity contribution in [1.82, 2.24) is 9.97 Å². The van der Waals surface area contributed by atoms with Gasteiger partial charge in [0.15, 0.2) is 11.6 Å². The third-order valence-electron chi connectivity index (χ3n) is 2.16. The van der Waals surface area contributed by atoms with Crippen molar-refractivity contribution in [1.29, 1.82) is 0 Å². The standard InChI is InChI=1S/C10H7F2N5O3/c11-5-1-2-8(6(12)3-5)20-9-7(17(18)19)4-14-10(15-9)16-13/h1-4H,13H2,(H,14,15,16). The molecule has 0 fully saturated rings. The van der Waals surface area contributed by atoms with E-state index >= 15 is 0 Å². The molecule has 0 aliphatic rings. The second-order valence-electron chi connectivity index (χ2n) is 3.46. The Balaban J connectivity index is 2.43. The summed E-state index contributed by atoms with van der Waals surface area (Å²) in [5, 5.41) is 10.8. The Labute approximate surface area is 110 Å². The molecule has 0 saturated heterocycles. The predicted molar refractivity (Wildman–Crippen MR) is 62.9 cm³/mol. The molecule has 3 N–H and O–H groups in total. The quantitative estimate of drug-likeness (QED) is 0.498. The average Bonchev–Trinajstić information content (AvgIpc) is 2.41. The normalized spacial score (nSPS) is 10.2. The van der Waals surface area contributed by atoms with Crippen molar-refractivity contribution in [3.63, 3.8) is 0 Å². The number of nitrogens with two attached hydrogens (primary N) is 1. The van der Waals surface area contributed by atoms with E-state index in [1.807, 2.05) is 0 Å². The minimum Gasteiger partial charge on any atom is -0.430 e. The van der Waals surface area contributed by atoms with Gasteiger partial charge in [-0.15, -0.1) is 0 Å². The van der Waals surface area contributed by atoms with Crippen molar-refractivity contribution < 1.29 is 18.4 Å². The average molecular weight is 283 g/mol. The van der Waals surface area contributed by atoms with Crippen molar-refractivity contribution in [2.45, 2.75) is 0 Å². The van der Waals surface area contributed by atoms with E-state index < -0.39 is 33.9 Å². The first-order valence-electron chi connectivity index (χ1n) is 5.12. The molecule has 0 spiro atoms. The van der Waals surface area contributed by atoms with Gasteiger partial charge >= 0.3 is 11.6 Å². The van der Waals surface area contributed by atoms with Crippen LogP contribution in [0.5, 0.6) is 11.6 Å². The summed E-state index contributed by atoms with van der Waals surface area (Å²) in [6, 6.07) is 2.49. The van der Waals surface area contributed by atoms with Crippen molar-refractivity contribution in [3.8, 4) is 11.6 Å². The summed E-state index contributed by atoms with van der Waals surface area (Å²) in [5.74, 6) is 2.12. The maximum Gasteiger partial charge on any atom is 0.349 e. The number of ether oxygens (including phenoxy) is 1. The van der Waals surface area contributed by atoms with Gasteiger partial charge in [-0.3, -0.25) is 15.5 Å². The Kier molecular flexibility index (Phi) is 3.66. The van der Waals surface area contributed by atoms with Crippen LogP contribution >= 0.6 is 0 Å². The molecule has 1 aromatic carbocycles. The summed E-state index contributed by atoms with van der Waals surface area (Å²) in [4.78, 5) is 17.1. The Morgan fingerprint density at radius 3 is 2.75 bits per heavy atom. The monoisotopic (exact) mass is 283 g/mol. The van der Waals surface area contributed by atoms with Gasteiger partial charge in [-0.25, -0.2) is 19.6 Å². The molecule has 0 amide bonds. The molecule has 10 heteroatoms. The highest BCUT2D eigenvalue weighted by Gasteiger charge is 2.21. The molecule has 20 heavy (non-hydrogen) atoms. The minimum absolute atomic E-state index is 0.159. The number of rotatable bonds is 4. The molecule has 0 unspecified atom stereocenters. The van der Waals surface area contributed by atoms with Crippen LogP contribution in [0.15, 0.2) is 24.4 Å². The van der Waals surface area contributed by atoms with Crippen LogP contribution in [0.1, 0.15) is 0 Å². The molecule has 0 saturated carbocycles. The van der Waals surface area contributed by atoms with E-state index in [9.17, 15) is 18.9 Å². The van der Waals surface area contributed by atoms with E-state index in [0.717, 1.165) is 18.3 Å². The minimum atomic E-state index is -1.03. The molecule has 0 bridgehead atoms. The van der Waals surface area contributed by atoms with Crippen molar-refractivity contribution in [3.05, 3.63) is 46.1 Å². The van der Waals surface area contributed by atoms with Gasteiger partial charge < -0.3 is 4.74 Å². The largest absolute Gasteiger partial charge is 0.430 e. The fraction of sp³-hybridized carbons (Fsp3) is 0. The predicted octanol–water partition coefficient (Wildman–Crippen LogP) is 1.74. The molecule has 0 aliphatic heterocycles. The summed E-state index contributed by atoms with van der Waals surface area (Å²) >= 11 is 0. The number of aromatic nitrogens is 2. The van der Waals surface area contributed by atoms with Crippen LogP contribution in [0.4, 0.5) is 20.4 Å². The SMILES string of the molecule is NNc1ncc([N+](=O)[O-])c(Oc2ccc(F)cc2F)n1. The fourth-order valence-corrected chi connectivity index (χ4v) is 1.29. The lowest BCUT2D eigenvalue weighted by Crippen LogP contribution is -2.11. The number of benzene rings is 1. The zero-order chi connectivity index (χ0) is 14.7. The molecule has 0 atom stereocenters. The van der Waals surface area contributed by atoms with Crippen molar-refractivity contribution in [2.24, 2.45) is 5.84 Å². The van der Waals surface area contributed by atoms with Crippen LogP contribution in [-0.2, 0) is 0 Å². The summed E-state index contributed by atoms with van der Waals surface area (Å²) < 4.78 is 31.2. The Morgan fingerprint density at radius 1 is 1.40 bits per heavy atom. The topological polar surface area (TPSA) is 116 Å². The molecule has 1 heterocycles. The molecule has 0 aliphatic carbocycles. The first kappa shape index (κ1) is 13.5. The summed E-state index contributed by atoms with van der Waals surface area (Å²) in [7, 11) is 0. The van der Waals surface area contributed by atoms with Crippen LogP contribution in [0, 0.1) is 21.7 Å². The number of nitro groups is 1. The van der Waals surface area contributed by atoms with Crippen molar-refractivity contribution >= 4 is 11.6 Å². The van der Waals surface area contributed by atoms with E-state index in [0.29, 0.717) is 6.07 Å². The lowest BCUT2D eigenvalue weighted by molar-refractivity contribution is -0.386. The van der Waals surface area contributed by atoms with Gasteiger partial charge in [0.05, 0.1) is 4.92 Å². The summed E-state index contributed by atoms with van der Waals surface area (Å²) in [5.41, 5.74) is 1.47. The number of nitrogen functional groups attached to an aromatic ring is 1. The van der Waals surface area contributed by atoms with Gasteiger partial charge in [0.2, 0.25) is 5.95 Å². The van der Waals surface area contributed by atoms with E-state index in [-0.39, 0.29) is 5.95 Å². The number of halogens is 2. The zero-order valence-electron chi connectivity index (χ0n) is 9.71. The highest BCUT2D eigenvalue weighted by Crippen LogP contribution is 2.30. The van der Waals surface area contributed by atoms with E-state index in [2.05, 4.69) is 15.4 Å². The van der Waals surface area contributed by atoms with E-state index in [1.165, 1.54) is 0 Å². The first-order chi connectivity index (χ1) is 9.51. The van der Waals surface area contributed by atoms with Crippen LogP contribution in [-0.4, -0.2) is 14.9 Å². The second-order valence-corrected chi connectivity index (χ2v) is 3.46. The molecule has 1 aromatic heterocycles. The van der Waals surface area contributed by atoms with E-state index in [1.54, 1.807) is 0 Å². The second kappa shape index (κ2) is 5.40. The van der Waals surface area contributed by atoms with Gasteiger partial charge in [-0.1, -0.05) is 0 Å². The third kappa shape index (κ3) is 2.75. The van der Waals surface area contributed by atoms with E-state index in [4.69, 9.17) is 10.6 Å². The molecule has 2 rings (SSSR count). The molecule has 0 radical (unpaired) electrons. The van der Waals surface area contributed by atoms with Gasteiger partial charge in [0, 0.05) is 6.07 Å². The highest BCUT2D eigenvalue weighted by molar-refractivity contribution is 5.45. The molecular weight excluding hydrogens is 276 g/mol. The van der Waals surface area contributed by atoms with Gasteiger partial charge in [0.25, 0.3) is 0 Å². The van der Waals surface area contributed by atoms with Gasteiger partial charge in [-0.2, -0.15) is 4.98 Å². The number of hydrazine groups is 1. The summed E-state index contributed by atoms with van der Waals surface area (Å²) in [6.45, 7) is 0. The Morgan fingerprint density at radius 2 is 2.15 bits per heavy atom. The molecule has 8 nitrogen and oxygen atoms in total.